The first-order valence-corrected chi connectivity index (χ1v) is 16.0. The van der Waals surface area contributed by atoms with Gasteiger partial charge < -0.3 is 10.0 Å². The van der Waals surface area contributed by atoms with E-state index in [0.717, 1.165) is 29.2 Å². The van der Waals surface area contributed by atoms with Gasteiger partial charge in [0.05, 0.1) is 28.4 Å². The van der Waals surface area contributed by atoms with Crippen LogP contribution < -0.4 is 0 Å². The Morgan fingerprint density at radius 1 is 0.860 bits per heavy atom. The van der Waals surface area contributed by atoms with Gasteiger partial charge in [-0.15, -0.1) is 0 Å². The summed E-state index contributed by atoms with van der Waals surface area (Å²) in [6.45, 7) is -1.77. The highest BCUT2D eigenvalue weighted by atomic mass is 32.2. The lowest BCUT2D eigenvalue weighted by Crippen LogP contribution is -2.51. The fraction of sp³-hybridized carbons (Fsp3) is 0.500. The Hall–Kier alpha value is -2.79. The maximum atomic E-state index is 14.7. The molecule has 0 spiro atoms. The topological polar surface area (TPSA) is 109 Å². The third-order valence-electron chi connectivity index (χ3n) is 8.29. The summed E-state index contributed by atoms with van der Waals surface area (Å²) in [5.74, 6) is -2.43. The van der Waals surface area contributed by atoms with Crippen LogP contribution in [0.15, 0.2) is 53.4 Å². The number of hydrogen-bond donors (Lipinski definition) is 1. The molecule has 0 aliphatic carbocycles. The Morgan fingerprint density at radius 2 is 1.37 bits per heavy atom. The monoisotopic (exact) mass is 663 g/mol. The Balaban J connectivity index is 1.81. The van der Waals surface area contributed by atoms with Gasteiger partial charge in [0.15, 0.2) is 9.84 Å². The van der Waals surface area contributed by atoms with Crippen LogP contribution in [0.5, 0.6) is 0 Å². The van der Waals surface area contributed by atoms with Gasteiger partial charge in [-0.25, -0.2) is 25.6 Å². The van der Waals surface area contributed by atoms with Crippen molar-refractivity contribution in [1.82, 2.24) is 4.90 Å². The van der Waals surface area contributed by atoms with E-state index in [9.17, 15) is 61.9 Å². The molecule has 1 N–H and O–H groups in total. The van der Waals surface area contributed by atoms with Crippen LogP contribution >= 0.6 is 0 Å². The van der Waals surface area contributed by atoms with E-state index in [-0.39, 0.29) is 37.1 Å². The van der Waals surface area contributed by atoms with Gasteiger partial charge in [0.25, 0.3) is 0 Å². The first-order chi connectivity index (χ1) is 19.7. The summed E-state index contributed by atoms with van der Waals surface area (Å²) in [7, 11) is -8.16. The quantitative estimate of drug-likeness (QED) is 0.367. The van der Waals surface area contributed by atoms with Gasteiger partial charge in [0, 0.05) is 18.7 Å². The number of halogens is 8. The lowest BCUT2D eigenvalue weighted by molar-refractivity contribution is -0.348. The molecule has 1 amide bonds. The number of amides is 1. The van der Waals surface area contributed by atoms with Gasteiger partial charge in [0.1, 0.15) is 20.4 Å². The van der Waals surface area contributed by atoms with E-state index in [4.69, 9.17) is 0 Å². The highest BCUT2D eigenvalue weighted by Crippen LogP contribution is 2.54. The first-order valence-electron chi connectivity index (χ1n) is 12.7. The van der Waals surface area contributed by atoms with Crippen LogP contribution in [0.4, 0.5) is 35.1 Å². The summed E-state index contributed by atoms with van der Waals surface area (Å²) >= 11 is 0. The fourth-order valence-electron chi connectivity index (χ4n) is 5.60. The smallest absolute Gasteiger partial charge is 0.395 e. The summed E-state index contributed by atoms with van der Waals surface area (Å²) in [5, 5.41) is 10.1. The molecule has 0 saturated carbocycles. The van der Waals surface area contributed by atoms with E-state index < -0.39 is 101 Å². The summed E-state index contributed by atoms with van der Waals surface area (Å²) in [6, 6.07) is 4.97. The van der Waals surface area contributed by atoms with Crippen LogP contribution in [-0.2, 0) is 34.9 Å². The average Bonchev–Trinajstić information content (AvgIpc) is 3.39. The predicted molar refractivity (Wildman–Crippen MR) is 135 cm³/mol. The highest BCUT2D eigenvalue weighted by Gasteiger charge is 2.73. The third kappa shape index (κ3) is 5.41. The summed E-state index contributed by atoms with van der Waals surface area (Å²) in [6.07, 6.45) is -13.8. The second kappa shape index (κ2) is 10.7. The number of sulfone groups is 2. The zero-order valence-corrected chi connectivity index (χ0v) is 23.7. The van der Waals surface area contributed by atoms with Crippen molar-refractivity contribution in [2.24, 2.45) is 5.41 Å². The Bertz CT molecular complexity index is 1560. The molecule has 2 aliphatic heterocycles. The minimum atomic E-state index is -6.41. The molecule has 2 heterocycles. The summed E-state index contributed by atoms with van der Waals surface area (Å²) in [5.41, 5.74) is -9.56. The van der Waals surface area contributed by atoms with Gasteiger partial charge in [-0.3, -0.25) is 4.79 Å². The Morgan fingerprint density at radius 3 is 1.84 bits per heavy atom. The standard InChI is InChI=1S/C26H25F8NO6S2/c27-19-5-7-20(8-6-19)43(40,41)23(17-1-3-18(4-2-17)24(28,25(29,30)31)26(32,33)34)9-12-35(15-23)21(37)22(16-36)10-13-42(38,39)14-11-22/h1-8,36H,9-16H2. The van der Waals surface area contributed by atoms with E-state index in [0.29, 0.717) is 12.1 Å². The molecule has 17 heteroatoms. The normalized spacial score (nSPS) is 22.9. The molecule has 1 atom stereocenters. The van der Waals surface area contributed by atoms with Gasteiger partial charge in [-0.05, 0) is 49.1 Å². The zero-order valence-electron chi connectivity index (χ0n) is 22.1. The maximum Gasteiger partial charge on any atom is 0.435 e. The van der Waals surface area contributed by atoms with Crippen molar-refractivity contribution in [2.45, 2.75) is 46.9 Å². The molecular formula is C26H25F8NO6S2. The molecule has 4 rings (SSSR count). The van der Waals surface area contributed by atoms with Crippen LogP contribution in [0.2, 0.25) is 0 Å². The molecule has 7 nitrogen and oxygen atoms in total. The number of benzene rings is 2. The van der Waals surface area contributed by atoms with Gasteiger partial charge in [0.2, 0.25) is 5.91 Å². The van der Waals surface area contributed by atoms with Crippen molar-refractivity contribution in [3.05, 3.63) is 65.5 Å². The molecule has 0 bridgehead atoms. The number of hydrogen-bond acceptors (Lipinski definition) is 6. The van der Waals surface area contributed by atoms with Gasteiger partial charge >= 0.3 is 18.0 Å². The molecule has 238 valence electrons. The molecule has 2 fully saturated rings. The third-order valence-corrected chi connectivity index (χ3v) is 12.4. The number of aliphatic hydroxyl groups is 1. The lowest BCUT2D eigenvalue weighted by atomic mass is 9.81. The Kier molecular flexibility index (Phi) is 8.22. The zero-order chi connectivity index (χ0) is 32.3. The highest BCUT2D eigenvalue weighted by molar-refractivity contribution is 7.92. The van der Waals surface area contributed by atoms with Gasteiger partial charge in [-0.1, -0.05) is 24.3 Å². The number of likely N-dealkylation sites (tertiary alicyclic amines) is 1. The van der Waals surface area contributed by atoms with Gasteiger partial charge in [-0.2, -0.15) is 26.3 Å². The molecule has 2 saturated heterocycles. The first kappa shape index (κ1) is 33.1. The SMILES string of the molecule is O=C(N1CCC(c2ccc(C(F)(C(F)(F)F)C(F)(F)F)cc2)(S(=O)(=O)c2ccc(F)cc2)C1)C1(CO)CCS(=O)(=O)CC1. The van der Waals surface area contributed by atoms with Crippen molar-refractivity contribution in [1.29, 1.82) is 0 Å². The summed E-state index contributed by atoms with van der Waals surface area (Å²) < 4.78 is 158. The van der Waals surface area contributed by atoms with Crippen LogP contribution in [0.1, 0.15) is 30.4 Å². The fourth-order valence-corrected chi connectivity index (χ4v) is 9.29. The van der Waals surface area contributed by atoms with Crippen LogP contribution in [0.3, 0.4) is 0 Å². The minimum absolute atomic E-state index is 0.171. The van der Waals surface area contributed by atoms with E-state index in [1.54, 1.807) is 0 Å². The van der Waals surface area contributed by atoms with E-state index >= 15 is 0 Å². The van der Waals surface area contributed by atoms with Crippen molar-refractivity contribution < 1.29 is 61.9 Å². The largest absolute Gasteiger partial charge is 0.435 e. The lowest BCUT2D eigenvalue weighted by Gasteiger charge is -2.38. The van der Waals surface area contributed by atoms with Crippen molar-refractivity contribution in [2.75, 3.05) is 31.2 Å². The number of carbonyl (C=O) groups excluding carboxylic acids is 1. The molecule has 2 aromatic rings. The van der Waals surface area contributed by atoms with E-state index in [2.05, 4.69) is 0 Å². The number of nitrogens with zero attached hydrogens (tertiary/aromatic N) is 1. The van der Waals surface area contributed by atoms with Crippen LogP contribution in [-0.4, -0.2) is 76.3 Å². The number of rotatable bonds is 6. The Labute approximate surface area is 241 Å². The average molecular weight is 664 g/mol. The molecular weight excluding hydrogens is 638 g/mol. The summed E-state index contributed by atoms with van der Waals surface area (Å²) in [4.78, 5) is 14.2. The van der Waals surface area contributed by atoms with Crippen LogP contribution in [0, 0.1) is 11.2 Å². The molecule has 0 aromatic heterocycles. The molecule has 1 unspecified atom stereocenters. The number of aliphatic hydroxyl groups excluding tert-OH is 1. The van der Waals surface area contributed by atoms with E-state index in [1.165, 1.54) is 0 Å². The number of carbonyl (C=O) groups is 1. The van der Waals surface area contributed by atoms with Crippen molar-refractivity contribution in [3.8, 4) is 0 Å². The molecule has 2 aromatic carbocycles. The molecule has 43 heavy (non-hydrogen) atoms. The van der Waals surface area contributed by atoms with E-state index in [1.807, 2.05) is 0 Å². The molecule has 0 radical (unpaired) electrons. The van der Waals surface area contributed by atoms with Crippen LogP contribution in [0.25, 0.3) is 0 Å². The maximum absolute atomic E-state index is 14.7. The second-order valence-corrected chi connectivity index (χ2v) is 15.3. The number of alkyl halides is 7. The minimum Gasteiger partial charge on any atom is -0.395 e. The second-order valence-electron chi connectivity index (χ2n) is 10.7. The van der Waals surface area contributed by atoms with Crippen molar-refractivity contribution in [3.63, 3.8) is 0 Å². The molecule has 2 aliphatic rings. The predicted octanol–water partition coefficient (Wildman–Crippen LogP) is 4.20. The van der Waals surface area contributed by atoms with Crippen molar-refractivity contribution >= 4 is 25.6 Å².